The molecule has 1 N–H and O–H groups in total. The van der Waals surface area contributed by atoms with Crippen molar-refractivity contribution in [3.05, 3.63) is 18.2 Å². The first-order valence-corrected chi connectivity index (χ1v) is 7.15. The van der Waals surface area contributed by atoms with Crippen molar-refractivity contribution in [3.63, 3.8) is 0 Å². The molecule has 1 heterocycles. The molecule has 0 aliphatic carbocycles. The molecule has 2 aromatic rings. The molecule has 0 unspecified atom stereocenters. The highest BCUT2D eigenvalue weighted by Gasteiger charge is 2.04. The molecule has 0 fully saturated rings. The SMILES string of the molecule is CCOCCSc1nc2ccc(OCC)cc2[nH]1. The molecular weight excluding hydrogens is 248 g/mol. The normalized spacial score (nSPS) is 11.0. The van der Waals surface area contributed by atoms with E-state index in [1.165, 1.54) is 0 Å². The van der Waals surface area contributed by atoms with E-state index in [9.17, 15) is 0 Å². The van der Waals surface area contributed by atoms with E-state index in [0.717, 1.165) is 40.9 Å². The Labute approximate surface area is 111 Å². The van der Waals surface area contributed by atoms with Crippen molar-refractivity contribution in [1.82, 2.24) is 9.97 Å². The van der Waals surface area contributed by atoms with E-state index in [4.69, 9.17) is 9.47 Å². The zero-order valence-corrected chi connectivity index (χ0v) is 11.5. The van der Waals surface area contributed by atoms with Crippen LogP contribution in [0.15, 0.2) is 23.4 Å². The molecule has 4 nitrogen and oxygen atoms in total. The fourth-order valence-electron chi connectivity index (χ4n) is 1.63. The molecule has 0 bridgehead atoms. The van der Waals surface area contributed by atoms with E-state index in [1.807, 2.05) is 32.0 Å². The van der Waals surface area contributed by atoms with Crippen LogP contribution in [0.3, 0.4) is 0 Å². The van der Waals surface area contributed by atoms with Gasteiger partial charge in [-0.15, -0.1) is 0 Å². The number of H-pyrrole nitrogens is 1. The van der Waals surface area contributed by atoms with Crippen LogP contribution in [0.1, 0.15) is 13.8 Å². The number of benzene rings is 1. The maximum absolute atomic E-state index is 5.46. The van der Waals surface area contributed by atoms with Gasteiger partial charge in [-0.2, -0.15) is 0 Å². The molecule has 0 amide bonds. The van der Waals surface area contributed by atoms with Gasteiger partial charge in [-0.3, -0.25) is 0 Å². The molecule has 0 spiro atoms. The minimum atomic E-state index is 0.676. The Kier molecular flexibility index (Phi) is 4.90. The van der Waals surface area contributed by atoms with Gasteiger partial charge in [0.15, 0.2) is 5.16 Å². The van der Waals surface area contributed by atoms with Crippen LogP contribution in [0.25, 0.3) is 11.0 Å². The molecular formula is C13H18N2O2S. The van der Waals surface area contributed by atoms with Gasteiger partial charge in [0.1, 0.15) is 5.75 Å². The second-order valence-corrected chi connectivity index (χ2v) is 4.78. The van der Waals surface area contributed by atoms with Crippen LogP contribution in [-0.4, -0.2) is 35.5 Å². The lowest BCUT2D eigenvalue weighted by Crippen LogP contribution is -1.95. The lowest BCUT2D eigenvalue weighted by molar-refractivity contribution is 0.164. The Morgan fingerprint density at radius 1 is 1.28 bits per heavy atom. The Morgan fingerprint density at radius 3 is 2.94 bits per heavy atom. The van der Waals surface area contributed by atoms with Crippen molar-refractivity contribution in [3.8, 4) is 5.75 Å². The number of thioether (sulfide) groups is 1. The van der Waals surface area contributed by atoms with Gasteiger partial charge in [-0.1, -0.05) is 11.8 Å². The van der Waals surface area contributed by atoms with Gasteiger partial charge in [0, 0.05) is 18.4 Å². The van der Waals surface area contributed by atoms with Crippen LogP contribution < -0.4 is 4.74 Å². The number of ether oxygens (including phenoxy) is 2. The van der Waals surface area contributed by atoms with Crippen molar-refractivity contribution >= 4 is 22.8 Å². The standard InChI is InChI=1S/C13H18N2O2S/c1-3-16-7-8-18-13-14-11-6-5-10(17-4-2)9-12(11)15-13/h5-6,9H,3-4,7-8H2,1-2H3,(H,14,15). The summed E-state index contributed by atoms with van der Waals surface area (Å²) in [7, 11) is 0. The van der Waals surface area contributed by atoms with Gasteiger partial charge in [-0.25, -0.2) is 4.98 Å². The molecule has 5 heteroatoms. The summed E-state index contributed by atoms with van der Waals surface area (Å²) in [5, 5.41) is 0.929. The smallest absolute Gasteiger partial charge is 0.166 e. The summed E-state index contributed by atoms with van der Waals surface area (Å²) in [6, 6.07) is 5.91. The van der Waals surface area contributed by atoms with Gasteiger partial charge < -0.3 is 14.5 Å². The number of fused-ring (bicyclic) bond motifs is 1. The number of nitrogens with one attached hydrogen (secondary N) is 1. The third kappa shape index (κ3) is 3.40. The van der Waals surface area contributed by atoms with Crippen molar-refractivity contribution < 1.29 is 9.47 Å². The van der Waals surface area contributed by atoms with Crippen LogP contribution in [-0.2, 0) is 4.74 Å². The van der Waals surface area contributed by atoms with Crippen LogP contribution >= 0.6 is 11.8 Å². The molecule has 98 valence electrons. The molecule has 0 aliphatic heterocycles. The van der Waals surface area contributed by atoms with Crippen molar-refractivity contribution in [2.45, 2.75) is 19.0 Å². The third-order valence-electron chi connectivity index (χ3n) is 2.41. The van der Waals surface area contributed by atoms with E-state index in [0.29, 0.717) is 6.61 Å². The highest BCUT2D eigenvalue weighted by molar-refractivity contribution is 7.99. The van der Waals surface area contributed by atoms with Crippen LogP contribution in [0.2, 0.25) is 0 Å². The second-order valence-electron chi connectivity index (χ2n) is 3.70. The zero-order chi connectivity index (χ0) is 12.8. The van der Waals surface area contributed by atoms with E-state index >= 15 is 0 Å². The number of imidazole rings is 1. The Bertz CT molecular complexity index is 499. The average molecular weight is 266 g/mol. The highest BCUT2D eigenvalue weighted by Crippen LogP contribution is 2.23. The van der Waals surface area contributed by atoms with Crippen molar-refractivity contribution in [2.75, 3.05) is 25.6 Å². The Balaban J connectivity index is 2.02. The minimum absolute atomic E-state index is 0.676. The van der Waals surface area contributed by atoms with E-state index in [1.54, 1.807) is 11.8 Å². The van der Waals surface area contributed by atoms with E-state index in [-0.39, 0.29) is 0 Å². The fourth-order valence-corrected chi connectivity index (χ4v) is 2.37. The molecule has 0 saturated heterocycles. The predicted molar refractivity (Wildman–Crippen MR) is 74.5 cm³/mol. The van der Waals surface area contributed by atoms with Crippen LogP contribution in [0.5, 0.6) is 5.75 Å². The lowest BCUT2D eigenvalue weighted by Gasteiger charge is -2.00. The predicted octanol–water partition coefficient (Wildman–Crippen LogP) is 3.09. The molecule has 0 saturated carbocycles. The summed E-state index contributed by atoms with van der Waals surface area (Å²) in [5.41, 5.74) is 1.98. The number of aromatic amines is 1. The molecule has 1 aromatic heterocycles. The van der Waals surface area contributed by atoms with Gasteiger partial charge >= 0.3 is 0 Å². The lowest BCUT2D eigenvalue weighted by atomic mass is 10.3. The van der Waals surface area contributed by atoms with E-state index in [2.05, 4.69) is 9.97 Å². The fraction of sp³-hybridized carbons (Fsp3) is 0.462. The van der Waals surface area contributed by atoms with Crippen molar-refractivity contribution in [1.29, 1.82) is 0 Å². The van der Waals surface area contributed by atoms with Gasteiger partial charge in [0.05, 0.1) is 24.2 Å². The molecule has 18 heavy (non-hydrogen) atoms. The first kappa shape index (κ1) is 13.2. The molecule has 0 radical (unpaired) electrons. The number of aromatic nitrogens is 2. The summed E-state index contributed by atoms with van der Waals surface area (Å²) in [5.74, 6) is 1.78. The number of hydrogen-bond donors (Lipinski definition) is 1. The van der Waals surface area contributed by atoms with Crippen LogP contribution in [0, 0.1) is 0 Å². The maximum atomic E-state index is 5.46. The molecule has 1 aromatic carbocycles. The monoisotopic (exact) mass is 266 g/mol. The summed E-state index contributed by atoms with van der Waals surface area (Å²) < 4.78 is 10.8. The van der Waals surface area contributed by atoms with Crippen molar-refractivity contribution in [2.24, 2.45) is 0 Å². The average Bonchev–Trinajstić information content (AvgIpc) is 2.77. The van der Waals surface area contributed by atoms with Gasteiger partial charge in [0.2, 0.25) is 0 Å². The second kappa shape index (κ2) is 6.66. The van der Waals surface area contributed by atoms with Gasteiger partial charge in [0.25, 0.3) is 0 Å². The summed E-state index contributed by atoms with van der Waals surface area (Å²) in [6.45, 7) is 6.17. The number of hydrogen-bond acceptors (Lipinski definition) is 4. The minimum Gasteiger partial charge on any atom is -0.494 e. The first-order chi connectivity index (χ1) is 8.83. The maximum Gasteiger partial charge on any atom is 0.166 e. The molecule has 0 aliphatic rings. The van der Waals surface area contributed by atoms with Crippen LogP contribution in [0.4, 0.5) is 0 Å². The quantitative estimate of drug-likeness (QED) is 0.618. The topological polar surface area (TPSA) is 47.1 Å². The third-order valence-corrected chi connectivity index (χ3v) is 3.25. The molecule has 0 atom stereocenters. The molecule has 2 rings (SSSR count). The Hall–Kier alpha value is -1.20. The highest BCUT2D eigenvalue weighted by atomic mass is 32.2. The Morgan fingerprint density at radius 2 is 2.17 bits per heavy atom. The zero-order valence-electron chi connectivity index (χ0n) is 10.7. The largest absolute Gasteiger partial charge is 0.494 e. The summed E-state index contributed by atoms with van der Waals surface area (Å²) in [4.78, 5) is 7.80. The van der Waals surface area contributed by atoms with E-state index < -0.39 is 0 Å². The van der Waals surface area contributed by atoms with Gasteiger partial charge in [-0.05, 0) is 26.0 Å². The summed E-state index contributed by atoms with van der Waals surface area (Å²) in [6.07, 6.45) is 0. The summed E-state index contributed by atoms with van der Waals surface area (Å²) >= 11 is 1.67. The number of rotatable bonds is 7. The first-order valence-electron chi connectivity index (χ1n) is 6.16. The number of nitrogens with zero attached hydrogens (tertiary/aromatic N) is 1.